The lowest BCUT2D eigenvalue weighted by atomic mass is 10.2. The van der Waals surface area contributed by atoms with Crippen molar-refractivity contribution in [1.82, 2.24) is 4.98 Å². The Kier molecular flexibility index (Phi) is 20.0. The molecule has 0 bridgehead atoms. The highest BCUT2D eigenvalue weighted by Gasteiger charge is 2.30. The predicted molar refractivity (Wildman–Crippen MR) is 225 cm³/mol. The predicted octanol–water partition coefficient (Wildman–Crippen LogP) is 16.1. The van der Waals surface area contributed by atoms with E-state index in [-0.39, 0.29) is 0 Å². The van der Waals surface area contributed by atoms with Crippen LogP contribution in [0.4, 0.5) is 13.2 Å². The molecule has 0 aliphatic rings. The fourth-order valence-electron chi connectivity index (χ4n) is 3.82. The van der Waals surface area contributed by atoms with Crippen LogP contribution in [0.5, 0.6) is 5.75 Å². The number of hydrogen-bond donors (Lipinski definition) is 0. The molecule has 0 aliphatic heterocycles. The summed E-state index contributed by atoms with van der Waals surface area (Å²) in [6, 6.07) is 28.5. The van der Waals surface area contributed by atoms with Crippen molar-refractivity contribution in [2.45, 2.75) is 54.6 Å². The second kappa shape index (κ2) is 23.0. The molecular weight excluding hydrogens is 802 g/mol. The minimum Gasteiger partial charge on any atom is -0.497 e. The van der Waals surface area contributed by atoms with Crippen LogP contribution in [0.2, 0.25) is 14.4 Å². The molecule has 5 heterocycles. The Balaban J connectivity index is 0.000000219. The quantitative estimate of drug-likeness (QED) is 0.164. The maximum Gasteiger partial charge on any atom is 0.417 e. The van der Waals surface area contributed by atoms with Crippen LogP contribution in [-0.2, 0) is 6.18 Å². The van der Waals surface area contributed by atoms with Crippen LogP contribution < -0.4 is 4.74 Å². The SMILES string of the molecule is COc1ccc(C)cc1.Cc1cc(Cl)c(C)s1.Cc1cc2cc(Cl)ccc2s1.Cc1ccc(C(F)(F)F)cn1.Cc1ccc(Cl)s1.Cc1cccs1. The van der Waals surface area contributed by atoms with Gasteiger partial charge < -0.3 is 4.74 Å². The zero-order valence-electron chi connectivity index (χ0n) is 30.1. The number of pyridine rings is 1. The molecule has 0 N–H and O–H groups in total. The molecule has 0 aliphatic carbocycles. The van der Waals surface area contributed by atoms with Crippen molar-refractivity contribution in [1.29, 1.82) is 0 Å². The smallest absolute Gasteiger partial charge is 0.417 e. The molecule has 0 atom stereocenters. The van der Waals surface area contributed by atoms with Crippen LogP contribution >= 0.6 is 80.1 Å². The van der Waals surface area contributed by atoms with E-state index in [9.17, 15) is 13.2 Å². The molecule has 0 saturated carbocycles. The van der Waals surface area contributed by atoms with Crippen molar-refractivity contribution in [3.63, 3.8) is 0 Å². The molecule has 0 fully saturated rings. The standard InChI is InChI=1S/C9H7ClS.C8H10O.C7H6F3N.C6H7ClS.C5H5ClS.C5H6S/c1-6-4-7-5-8(10)2-3-9(7)11-6;1-7-3-5-8(9-2)6-4-7;1-5-2-3-6(4-11-5)7(8,9)10;1-4-3-6(7)5(2)8-4;1-4-2-3-5(6)7-4;1-5-3-2-4-6-5/h2-5H,1H3;3-6H,1-2H3;2-4H,1H3;3H,1-2H3;2-3H,1H3;2-4H,1H3. The van der Waals surface area contributed by atoms with Gasteiger partial charge >= 0.3 is 6.18 Å². The first-order chi connectivity index (χ1) is 24.5. The lowest BCUT2D eigenvalue weighted by Crippen LogP contribution is -2.05. The number of fused-ring (bicyclic) bond motifs is 1. The summed E-state index contributed by atoms with van der Waals surface area (Å²) in [5.41, 5.74) is 1.14. The molecule has 0 saturated heterocycles. The number of aryl methyl sites for hydroxylation is 7. The maximum atomic E-state index is 11.9. The van der Waals surface area contributed by atoms with Crippen molar-refractivity contribution in [3.05, 3.63) is 158 Å². The van der Waals surface area contributed by atoms with E-state index in [1.165, 1.54) is 46.1 Å². The summed E-state index contributed by atoms with van der Waals surface area (Å²) in [4.78, 5) is 10.0. The van der Waals surface area contributed by atoms with E-state index in [4.69, 9.17) is 39.5 Å². The largest absolute Gasteiger partial charge is 0.497 e. The molecule has 12 heteroatoms. The normalized spacial score (nSPS) is 10.1. The fourth-order valence-corrected chi connectivity index (χ4v) is 7.60. The van der Waals surface area contributed by atoms with E-state index < -0.39 is 11.7 Å². The van der Waals surface area contributed by atoms with Gasteiger partial charge in [0.1, 0.15) is 5.75 Å². The molecule has 0 spiro atoms. The van der Waals surface area contributed by atoms with Gasteiger partial charge in [0.15, 0.2) is 0 Å². The van der Waals surface area contributed by atoms with Crippen LogP contribution in [0, 0.1) is 48.5 Å². The zero-order valence-corrected chi connectivity index (χ0v) is 35.6. The third-order valence-electron chi connectivity index (χ3n) is 6.45. The monoisotopic (exact) mass is 841 g/mol. The average molecular weight is 843 g/mol. The van der Waals surface area contributed by atoms with E-state index in [1.807, 2.05) is 68.4 Å². The summed E-state index contributed by atoms with van der Waals surface area (Å²) in [7, 11) is 1.67. The molecule has 0 radical (unpaired) electrons. The van der Waals surface area contributed by atoms with Crippen molar-refractivity contribution in [3.8, 4) is 5.75 Å². The number of aromatic nitrogens is 1. The van der Waals surface area contributed by atoms with Crippen LogP contribution in [0.25, 0.3) is 10.1 Å². The summed E-state index contributed by atoms with van der Waals surface area (Å²) >= 11 is 24.1. The lowest BCUT2D eigenvalue weighted by molar-refractivity contribution is -0.137. The Hall–Kier alpha value is -2.89. The number of hydrogen-bond acceptors (Lipinski definition) is 6. The van der Waals surface area contributed by atoms with Gasteiger partial charge in [-0.3, -0.25) is 4.98 Å². The number of thiophene rings is 4. The topological polar surface area (TPSA) is 22.1 Å². The van der Waals surface area contributed by atoms with E-state index in [0.29, 0.717) is 5.69 Å². The van der Waals surface area contributed by atoms with Gasteiger partial charge in [0.05, 0.1) is 22.0 Å². The third kappa shape index (κ3) is 18.2. The highest BCUT2D eigenvalue weighted by molar-refractivity contribution is 7.19. The van der Waals surface area contributed by atoms with Crippen molar-refractivity contribution in [2.75, 3.05) is 7.11 Å². The minimum absolute atomic E-state index is 0.581. The van der Waals surface area contributed by atoms with E-state index in [1.54, 1.807) is 59.4 Å². The molecule has 2 aromatic carbocycles. The zero-order chi connectivity index (χ0) is 38.8. The molecule has 7 aromatic rings. The number of alkyl halides is 3. The Morgan fingerprint density at radius 3 is 1.71 bits per heavy atom. The number of nitrogens with zero attached hydrogens (tertiary/aromatic N) is 1. The molecule has 2 nitrogen and oxygen atoms in total. The van der Waals surface area contributed by atoms with Gasteiger partial charge in [0.25, 0.3) is 0 Å². The van der Waals surface area contributed by atoms with Gasteiger partial charge in [-0.2, -0.15) is 13.2 Å². The molecule has 0 amide bonds. The van der Waals surface area contributed by atoms with Crippen LogP contribution in [0.1, 0.15) is 41.2 Å². The van der Waals surface area contributed by atoms with E-state index in [2.05, 4.69) is 62.3 Å². The molecule has 7 rings (SSSR count). The van der Waals surface area contributed by atoms with E-state index >= 15 is 0 Å². The summed E-state index contributed by atoms with van der Waals surface area (Å²) < 4.78 is 42.8. The molecule has 0 unspecified atom stereocenters. The fraction of sp³-hybridized carbons (Fsp3) is 0.225. The second-order valence-corrected chi connectivity index (χ2v) is 17.7. The highest BCUT2D eigenvalue weighted by atomic mass is 35.5. The number of methoxy groups -OCH3 is 1. The number of halogens is 6. The van der Waals surface area contributed by atoms with Crippen molar-refractivity contribution in [2.24, 2.45) is 0 Å². The van der Waals surface area contributed by atoms with Gasteiger partial charge in [-0.15, -0.1) is 45.3 Å². The molecule has 278 valence electrons. The molecular formula is C40H41Cl3F3NOS4. The van der Waals surface area contributed by atoms with Crippen molar-refractivity contribution < 1.29 is 17.9 Å². The van der Waals surface area contributed by atoms with E-state index in [0.717, 1.165) is 32.4 Å². The second-order valence-electron chi connectivity index (χ2n) is 11.1. The summed E-state index contributed by atoms with van der Waals surface area (Å²) in [6.45, 7) is 14.0. The number of rotatable bonds is 1. The Labute approximate surface area is 336 Å². The number of benzene rings is 2. The van der Waals surface area contributed by atoms with Gasteiger partial charge in [-0.25, -0.2) is 0 Å². The first kappa shape index (κ1) is 45.3. The van der Waals surface area contributed by atoms with Crippen molar-refractivity contribution >= 4 is 90.2 Å². The Morgan fingerprint density at radius 2 is 1.33 bits per heavy atom. The van der Waals surface area contributed by atoms with Gasteiger partial charge in [-0.1, -0.05) is 58.6 Å². The summed E-state index contributed by atoms with van der Waals surface area (Å²) in [5.74, 6) is 0.917. The number of ether oxygens (including phenoxy) is 1. The Morgan fingerprint density at radius 1 is 0.654 bits per heavy atom. The van der Waals surface area contributed by atoms with Gasteiger partial charge in [0, 0.05) is 46.0 Å². The van der Waals surface area contributed by atoms with Crippen LogP contribution in [0.15, 0.2) is 103 Å². The Bertz CT molecular complexity index is 1980. The summed E-state index contributed by atoms with van der Waals surface area (Å²) in [5, 5.41) is 5.04. The first-order valence-electron chi connectivity index (χ1n) is 15.7. The maximum absolute atomic E-state index is 11.9. The third-order valence-corrected chi connectivity index (χ3v) is 11.1. The summed E-state index contributed by atoms with van der Waals surface area (Å²) in [6.07, 6.45) is -3.45. The first-order valence-corrected chi connectivity index (χ1v) is 20.1. The lowest BCUT2D eigenvalue weighted by Gasteiger charge is -2.04. The minimum atomic E-state index is -4.28. The van der Waals surface area contributed by atoms with Crippen LogP contribution in [0.3, 0.4) is 0 Å². The molecule has 5 aromatic heterocycles. The average Bonchev–Trinajstić information content (AvgIpc) is 3.87. The van der Waals surface area contributed by atoms with Gasteiger partial charge in [0.2, 0.25) is 0 Å². The molecule has 52 heavy (non-hydrogen) atoms. The van der Waals surface area contributed by atoms with Crippen LogP contribution in [-0.4, -0.2) is 12.1 Å². The van der Waals surface area contributed by atoms with Gasteiger partial charge in [-0.05, 0) is 132 Å². The highest BCUT2D eigenvalue weighted by Crippen LogP contribution is 2.29.